The van der Waals surface area contributed by atoms with Gasteiger partial charge in [0.2, 0.25) is 0 Å². The predicted molar refractivity (Wildman–Crippen MR) is 57.3 cm³/mol. The van der Waals surface area contributed by atoms with Crippen LogP contribution in [-0.2, 0) is 0 Å². The topological polar surface area (TPSA) is 46.2 Å². The van der Waals surface area contributed by atoms with Gasteiger partial charge in [-0.25, -0.2) is 4.39 Å². The summed E-state index contributed by atoms with van der Waals surface area (Å²) >= 11 is 3.10. The van der Waals surface area contributed by atoms with Gasteiger partial charge in [0.1, 0.15) is 5.82 Å². The van der Waals surface area contributed by atoms with E-state index >= 15 is 0 Å². The Bertz CT molecular complexity index is 306. The molecule has 0 bridgehead atoms. The summed E-state index contributed by atoms with van der Waals surface area (Å²) in [5.41, 5.74) is 6.73. The fraction of sp³-hybridized carbons (Fsp3) is 0.400. The molecule has 2 nitrogen and oxygen atoms in total. The first-order valence-electron chi connectivity index (χ1n) is 4.46. The van der Waals surface area contributed by atoms with Gasteiger partial charge in [0.05, 0.1) is 4.47 Å². The standard InChI is InChI=1S/C10H13BrFNO/c11-8-6-7(3-4-9(8)12)10(13)2-1-5-14/h3-4,6,10,14H,1-2,5,13H2/t10-/m0/s1. The van der Waals surface area contributed by atoms with E-state index in [0.29, 0.717) is 17.3 Å². The van der Waals surface area contributed by atoms with Crippen LogP contribution in [0.25, 0.3) is 0 Å². The van der Waals surface area contributed by atoms with Crippen LogP contribution in [0.15, 0.2) is 22.7 Å². The Hall–Kier alpha value is -0.450. The summed E-state index contributed by atoms with van der Waals surface area (Å²) in [7, 11) is 0. The van der Waals surface area contributed by atoms with E-state index in [2.05, 4.69) is 15.9 Å². The Balaban J connectivity index is 2.70. The lowest BCUT2D eigenvalue weighted by Gasteiger charge is -2.11. The van der Waals surface area contributed by atoms with Crippen molar-refractivity contribution in [2.75, 3.05) is 6.61 Å². The molecule has 0 saturated carbocycles. The van der Waals surface area contributed by atoms with Crippen LogP contribution in [0.3, 0.4) is 0 Å². The van der Waals surface area contributed by atoms with Crippen molar-refractivity contribution in [3.8, 4) is 0 Å². The maximum Gasteiger partial charge on any atom is 0.137 e. The Labute approximate surface area is 91.1 Å². The smallest absolute Gasteiger partial charge is 0.137 e. The number of aliphatic hydroxyl groups is 1. The van der Waals surface area contributed by atoms with Crippen molar-refractivity contribution in [1.29, 1.82) is 0 Å². The Morgan fingerprint density at radius 1 is 1.50 bits per heavy atom. The maximum atomic E-state index is 12.9. The molecule has 0 heterocycles. The summed E-state index contributed by atoms with van der Waals surface area (Å²) < 4.78 is 13.3. The van der Waals surface area contributed by atoms with Crippen molar-refractivity contribution in [2.24, 2.45) is 5.73 Å². The summed E-state index contributed by atoms with van der Waals surface area (Å²) in [5.74, 6) is -0.289. The number of benzene rings is 1. The van der Waals surface area contributed by atoms with Crippen LogP contribution in [-0.4, -0.2) is 11.7 Å². The highest BCUT2D eigenvalue weighted by Gasteiger charge is 2.07. The molecule has 0 aliphatic carbocycles. The average Bonchev–Trinajstić information content (AvgIpc) is 2.18. The van der Waals surface area contributed by atoms with Crippen LogP contribution in [0.2, 0.25) is 0 Å². The Morgan fingerprint density at radius 2 is 2.21 bits per heavy atom. The Morgan fingerprint density at radius 3 is 2.79 bits per heavy atom. The average molecular weight is 262 g/mol. The van der Waals surface area contributed by atoms with Crippen LogP contribution in [0, 0.1) is 5.82 Å². The first kappa shape index (κ1) is 11.6. The molecule has 1 atom stereocenters. The highest BCUT2D eigenvalue weighted by molar-refractivity contribution is 9.10. The number of rotatable bonds is 4. The summed E-state index contributed by atoms with van der Waals surface area (Å²) in [6.45, 7) is 0.135. The molecule has 0 aromatic heterocycles. The monoisotopic (exact) mass is 261 g/mol. The minimum Gasteiger partial charge on any atom is -0.396 e. The van der Waals surface area contributed by atoms with Crippen LogP contribution in [0.4, 0.5) is 4.39 Å². The molecule has 0 unspecified atom stereocenters. The van der Waals surface area contributed by atoms with E-state index < -0.39 is 0 Å². The number of hydrogen-bond acceptors (Lipinski definition) is 2. The van der Waals surface area contributed by atoms with E-state index in [1.54, 1.807) is 12.1 Å². The molecule has 0 saturated heterocycles. The molecule has 0 aliphatic rings. The third-order valence-electron chi connectivity index (χ3n) is 2.05. The fourth-order valence-corrected chi connectivity index (χ4v) is 1.62. The molecule has 0 fully saturated rings. The third kappa shape index (κ3) is 3.04. The highest BCUT2D eigenvalue weighted by atomic mass is 79.9. The highest BCUT2D eigenvalue weighted by Crippen LogP contribution is 2.22. The van der Waals surface area contributed by atoms with E-state index in [4.69, 9.17) is 10.8 Å². The molecular weight excluding hydrogens is 249 g/mol. The van der Waals surface area contributed by atoms with Crippen molar-refractivity contribution < 1.29 is 9.50 Å². The van der Waals surface area contributed by atoms with E-state index in [1.807, 2.05) is 0 Å². The molecule has 3 N–H and O–H groups in total. The lowest BCUT2D eigenvalue weighted by atomic mass is 10.0. The van der Waals surface area contributed by atoms with Crippen LogP contribution in [0.1, 0.15) is 24.4 Å². The second-order valence-corrected chi connectivity index (χ2v) is 4.00. The van der Waals surface area contributed by atoms with Gasteiger partial charge in [-0.3, -0.25) is 0 Å². The summed E-state index contributed by atoms with van der Waals surface area (Å²) in [6.07, 6.45) is 1.37. The lowest BCUT2D eigenvalue weighted by molar-refractivity contribution is 0.280. The summed E-state index contributed by atoms with van der Waals surface area (Å²) in [6, 6.07) is 4.59. The molecule has 4 heteroatoms. The van der Waals surface area contributed by atoms with Crippen LogP contribution < -0.4 is 5.73 Å². The summed E-state index contributed by atoms with van der Waals surface area (Å²) in [4.78, 5) is 0. The fourth-order valence-electron chi connectivity index (χ4n) is 1.22. The van der Waals surface area contributed by atoms with E-state index in [-0.39, 0.29) is 18.5 Å². The first-order valence-corrected chi connectivity index (χ1v) is 5.26. The molecule has 1 aromatic rings. The van der Waals surface area contributed by atoms with Gasteiger partial charge >= 0.3 is 0 Å². The number of aliphatic hydroxyl groups excluding tert-OH is 1. The second-order valence-electron chi connectivity index (χ2n) is 3.15. The number of hydrogen-bond donors (Lipinski definition) is 2. The van der Waals surface area contributed by atoms with Crippen molar-refractivity contribution in [3.63, 3.8) is 0 Å². The van der Waals surface area contributed by atoms with Gasteiger partial charge in [-0.15, -0.1) is 0 Å². The van der Waals surface area contributed by atoms with Crippen molar-refractivity contribution in [2.45, 2.75) is 18.9 Å². The van der Waals surface area contributed by atoms with Gasteiger partial charge in [0.15, 0.2) is 0 Å². The van der Waals surface area contributed by atoms with Crippen molar-refractivity contribution in [1.82, 2.24) is 0 Å². The molecular formula is C10H13BrFNO. The van der Waals surface area contributed by atoms with Gasteiger partial charge in [0, 0.05) is 12.6 Å². The zero-order valence-electron chi connectivity index (χ0n) is 7.71. The number of halogens is 2. The van der Waals surface area contributed by atoms with E-state index in [9.17, 15) is 4.39 Å². The second kappa shape index (κ2) is 5.44. The van der Waals surface area contributed by atoms with Crippen LogP contribution >= 0.6 is 15.9 Å². The quantitative estimate of drug-likeness (QED) is 0.874. The van der Waals surface area contributed by atoms with Gasteiger partial charge < -0.3 is 10.8 Å². The minimum atomic E-state index is -0.289. The normalized spacial score (nSPS) is 12.9. The van der Waals surface area contributed by atoms with Crippen molar-refractivity contribution in [3.05, 3.63) is 34.1 Å². The lowest BCUT2D eigenvalue weighted by Crippen LogP contribution is -2.10. The van der Waals surface area contributed by atoms with Crippen molar-refractivity contribution >= 4 is 15.9 Å². The van der Waals surface area contributed by atoms with Gasteiger partial charge in [0.25, 0.3) is 0 Å². The van der Waals surface area contributed by atoms with Gasteiger partial charge in [-0.2, -0.15) is 0 Å². The first-order chi connectivity index (χ1) is 6.65. The number of nitrogens with two attached hydrogens (primary N) is 1. The predicted octanol–water partition coefficient (Wildman–Crippen LogP) is 2.36. The van der Waals surface area contributed by atoms with Gasteiger partial charge in [-0.1, -0.05) is 6.07 Å². The molecule has 14 heavy (non-hydrogen) atoms. The molecule has 0 spiro atoms. The molecule has 0 radical (unpaired) electrons. The van der Waals surface area contributed by atoms with E-state index in [1.165, 1.54) is 6.07 Å². The zero-order chi connectivity index (χ0) is 10.6. The SMILES string of the molecule is N[C@@H](CCCO)c1ccc(F)c(Br)c1. The van der Waals surface area contributed by atoms with Gasteiger partial charge in [-0.05, 0) is 46.5 Å². The molecule has 1 rings (SSSR count). The molecule has 78 valence electrons. The van der Waals surface area contributed by atoms with Crippen LogP contribution in [0.5, 0.6) is 0 Å². The molecule has 0 amide bonds. The molecule has 0 aliphatic heterocycles. The maximum absolute atomic E-state index is 12.9. The third-order valence-corrected chi connectivity index (χ3v) is 2.65. The Kier molecular flexibility index (Phi) is 4.51. The zero-order valence-corrected chi connectivity index (χ0v) is 9.30. The molecule has 1 aromatic carbocycles. The minimum absolute atomic E-state index is 0.135. The summed E-state index contributed by atoms with van der Waals surface area (Å²) in [5, 5.41) is 8.64. The largest absolute Gasteiger partial charge is 0.396 e. The van der Waals surface area contributed by atoms with E-state index in [0.717, 1.165) is 5.56 Å².